The predicted molar refractivity (Wildman–Crippen MR) is 85.5 cm³/mol. The first-order chi connectivity index (χ1) is 10.9. The molecule has 1 aromatic carbocycles. The van der Waals surface area contributed by atoms with Gasteiger partial charge in [0, 0.05) is 5.41 Å². The van der Waals surface area contributed by atoms with Crippen molar-refractivity contribution >= 4 is 5.91 Å². The Balaban J connectivity index is 1.79. The number of amides is 1. The number of rotatable bonds is 6. The van der Waals surface area contributed by atoms with Crippen molar-refractivity contribution < 1.29 is 14.1 Å². The summed E-state index contributed by atoms with van der Waals surface area (Å²) in [5.74, 6) is 0.802. The molecule has 6 heteroatoms. The summed E-state index contributed by atoms with van der Waals surface area (Å²) < 4.78 is 10.7. The Hall–Kier alpha value is -2.21. The molecule has 0 saturated heterocycles. The molecular weight excluding hydrogens is 294 g/mol. The van der Waals surface area contributed by atoms with Gasteiger partial charge in [0.05, 0.1) is 13.2 Å². The quantitative estimate of drug-likeness (QED) is 0.886. The molecule has 0 unspecified atom stereocenters. The third-order valence-corrected chi connectivity index (χ3v) is 3.24. The molecule has 1 heterocycles. The average Bonchev–Trinajstić information content (AvgIpc) is 3.00. The van der Waals surface area contributed by atoms with Crippen LogP contribution in [0.1, 0.15) is 45.0 Å². The van der Waals surface area contributed by atoms with Crippen molar-refractivity contribution in [1.29, 1.82) is 0 Å². The Morgan fingerprint density at radius 1 is 1.30 bits per heavy atom. The molecule has 0 saturated carbocycles. The van der Waals surface area contributed by atoms with E-state index in [2.05, 4.69) is 15.5 Å². The van der Waals surface area contributed by atoms with Crippen LogP contribution in [0.2, 0.25) is 0 Å². The maximum Gasteiger partial charge on any atom is 0.249 e. The SMILES string of the molecule is C[C@@H](OCc1ccccc1)C(=O)NCc1noc(C(C)(C)C)n1. The van der Waals surface area contributed by atoms with Gasteiger partial charge < -0.3 is 14.6 Å². The van der Waals surface area contributed by atoms with Crippen LogP contribution in [-0.4, -0.2) is 22.2 Å². The molecule has 2 rings (SSSR count). The Kier molecular flexibility index (Phi) is 5.50. The highest BCUT2D eigenvalue weighted by Crippen LogP contribution is 2.19. The van der Waals surface area contributed by atoms with Crippen molar-refractivity contribution in [3.63, 3.8) is 0 Å². The zero-order valence-electron chi connectivity index (χ0n) is 14.0. The van der Waals surface area contributed by atoms with Crippen molar-refractivity contribution in [2.45, 2.75) is 52.4 Å². The van der Waals surface area contributed by atoms with E-state index in [0.29, 0.717) is 18.3 Å². The Morgan fingerprint density at radius 2 is 2.00 bits per heavy atom. The number of nitrogens with one attached hydrogen (secondary N) is 1. The van der Waals surface area contributed by atoms with Crippen LogP contribution in [0.5, 0.6) is 0 Å². The first kappa shape index (κ1) is 17.1. The molecule has 0 aliphatic rings. The van der Waals surface area contributed by atoms with E-state index in [1.807, 2.05) is 51.1 Å². The second-order valence-electron chi connectivity index (χ2n) is 6.42. The highest BCUT2D eigenvalue weighted by Gasteiger charge is 2.22. The van der Waals surface area contributed by atoms with Gasteiger partial charge in [0.25, 0.3) is 0 Å². The van der Waals surface area contributed by atoms with Gasteiger partial charge in [-0.05, 0) is 12.5 Å². The molecule has 0 aliphatic carbocycles. The summed E-state index contributed by atoms with van der Waals surface area (Å²) in [5, 5.41) is 6.62. The van der Waals surface area contributed by atoms with E-state index >= 15 is 0 Å². The minimum Gasteiger partial charge on any atom is -0.364 e. The van der Waals surface area contributed by atoms with Crippen LogP contribution in [-0.2, 0) is 28.1 Å². The van der Waals surface area contributed by atoms with Crippen LogP contribution in [0.4, 0.5) is 0 Å². The van der Waals surface area contributed by atoms with E-state index in [1.54, 1.807) is 6.92 Å². The van der Waals surface area contributed by atoms with E-state index < -0.39 is 6.10 Å². The molecule has 6 nitrogen and oxygen atoms in total. The summed E-state index contributed by atoms with van der Waals surface area (Å²) >= 11 is 0. The molecule has 2 aromatic rings. The smallest absolute Gasteiger partial charge is 0.249 e. The van der Waals surface area contributed by atoms with Crippen molar-refractivity contribution in [3.05, 3.63) is 47.6 Å². The van der Waals surface area contributed by atoms with Crippen molar-refractivity contribution in [3.8, 4) is 0 Å². The summed E-state index contributed by atoms with van der Waals surface area (Å²) in [6, 6.07) is 9.73. The third kappa shape index (κ3) is 5.17. The molecule has 0 spiro atoms. The topological polar surface area (TPSA) is 77.2 Å². The normalized spacial score (nSPS) is 12.9. The standard InChI is InChI=1S/C17H23N3O3/c1-12(22-11-13-8-6-5-7-9-13)15(21)18-10-14-19-16(23-20-14)17(2,3)4/h5-9,12H,10-11H2,1-4H3,(H,18,21)/t12-/m1/s1. The minimum absolute atomic E-state index is 0.206. The minimum atomic E-state index is -0.552. The number of ether oxygens (including phenoxy) is 1. The van der Waals surface area contributed by atoms with Gasteiger partial charge in [0.15, 0.2) is 5.82 Å². The fourth-order valence-corrected chi connectivity index (χ4v) is 1.81. The summed E-state index contributed by atoms with van der Waals surface area (Å²) in [6.45, 7) is 8.30. The van der Waals surface area contributed by atoms with Crippen LogP contribution < -0.4 is 5.32 Å². The fourth-order valence-electron chi connectivity index (χ4n) is 1.81. The van der Waals surface area contributed by atoms with Crippen molar-refractivity contribution in [1.82, 2.24) is 15.5 Å². The number of hydrogen-bond donors (Lipinski definition) is 1. The molecule has 0 radical (unpaired) electrons. The zero-order chi connectivity index (χ0) is 16.9. The molecule has 1 N–H and O–H groups in total. The molecule has 1 aromatic heterocycles. The first-order valence-electron chi connectivity index (χ1n) is 7.62. The number of nitrogens with zero attached hydrogens (tertiary/aromatic N) is 2. The van der Waals surface area contributed by atoms with Crippen LogP contribution in [0.15, 0.2) is 34.9 Å². The largest absolute Gasteiger partial charge is 0.364 e. The van der Waals surface area contributed by atoms with Gasteiger partial charge in [-0.3, -0.25) is 4.79 Å². The Morgan fingerprint density at radius 3 is 2.61 bits per heavy atom. The molecular formula is C17H23N3O3. The van der Waals surface area contributed by atoms with Gasteiger partial charge in [0.2, 0.25) is 11.8 Å². The summed E-state index contributed by atoms with van der Waals surface area (Å²) in [6.07, 6.45) is -0.552. The second kappa shape index (κ2) is 7.37. The van der Waals surface area contributed by atoms with E-state index in [1.165, 1.54) is 0 Å². The van der Waals surface area contributed by atoms with Gasteiger partial charge in [-0.15, -0.1) is 0 Å². The zero-order valence-corrected chi connectivity index (χ0v) is 14.0. The summed E-state index contributed by atoms with van der Waals surface area (Å²) in [5.41, 5.74) is 0.821. The van der Waals surface area contributed by atoms with Crippen LogP contribution in [0.3, 0.4) is 0 Å². The van der Waals surface area contributed by atoms with E-state index in [-0.39, 0.29) is 17.9 Å². The lowest BCUT2D eigenvalue weighted by Gasteiger charge is -2.12. The predicted octanol–water partition coefficient (Wildman–Crippen LogP) is 2.59. The third-order valence-electron chi connectivity index (χ3n) is 3.24. The van der Waals surface area contributed by atoms with Crippen LogP contribution in [0.25, 0.3) is 0 Å². The Bertz CT molecular complexity index is 632. The lowest BCUT2D eigenvalue weighted by molar-refractivity contribution is -0.132. The molecule has 124 valence electrons. The monoisotopic (exact) mass is 317 g/mol. The van der Waals surface area contributed by atoms with Crippen LogP contribution >= 0.6 is 0 Å². The molecule has 0 fully saturated rings. The summed E-state index contributed by atoms with van der Waals surface area (Å²) in [4.78, 5) is 16.3. The van der Waals surface area contributed by atoms with E-state index in [9.17, 15) is 4.79 Å². The second-order valence-corrected chi connectivity index (χ2v) is 6.42. The number of hydrogen-bond acceptors (Lipinski definition) is 5. The first-order valence-corrected chi connectivity index (χ1v) is 7.62. The number of carbonyl (C=O) groups is 1. The van der Waals surface area contributed by atoms with Gasteiger partial charge in [-0.2, -0.15) is 4.98 Å². The van der Waals surface area contributed by atoms with Crippen molar-refractivity contribution in [2.75, 3.05) is 0 Å². The van der Waals surface area contributed by atoms with Gasteiger partial charge >= 0.3 is 0 Å². The molecule has 0 bridgehead atoms. The molecule has 0 aliphatic heterocycles. The van der Waals surface area contributed by atoms with Gasteiger partial charge in [0.1, 0.15) is 6.10 Å². The average molecular weight is 317 g/mol. The maximum atomic E-state index is 12.0. The van der Waals surface area contributed by atoms with Gasteiger partial charge in [-0.1, -0.05) is 56.3 Å². The number of benzene rings is 1. The van der Waals surface area contributed by atoms with Crippen molar-refractivity contribution in [2.24, 2.45) is 0 Å². The van der Waals surface area contributed by atoms with E-state index in [0.717, 1.165) is 5.56 Å². The maximum absolute atomic E-state index is 12.0. The summed E-state index contributed by atoms with van der Waals surface area (Å²) in [7, 11) is 0. The lowest BCUT2D eigenvalue weighted by atomic mass is 9.97. The van der Waals surface area contributed by atoms with Crippen LogP contribution in [0, 0.1) is 0 Å². The lowest BCUT2D eigenvalue weighted by Crippen LogP contribution is -2.34. The van der Waals surface area contributed by atoms with Gasteiger partial charge in [-0.25, -0.2) is 0 Å². The number of carbonyl (C=O) groups excluding carboxylic acids is 1. The Labute approximate surface area is 136 Å². The number of aromatic nitrogens is 2. The fraction of sp³-hybridized carbons (Fsp3) is 0.471. The highest BCUT2D eigenvalue weighted by atomic mass is 16.5. The molecule has 1 amide bonds. The van der Waals surface area contributed by atoms with E-state index in [4.69, 9.17) is 9.26 Å². The molecule has 1 atom stereocenters. The highest BCUT2D eigenvalue weighted by molar-refractivity contribution is 5.80. The molecule has 23 heavy (non-hydrogen) atoms.